The zero-order valence-electron chi connectivity index (χ0n) is 14.9. The molecule has 3 heterocycles. The molecule has 0 bridgehead atoms. The van der Waals surface area contributed by atoms with E-state index < -0.39 is 0 Å². The Morgan fingerprint density at radius 3 is 2.70 bits per heavy atom. The number of rotatable bonds is 3. The molecular formula is C20H20N6O. The zero-order valence-corrected chi connectivity index (χ0v) is 14.9. The van der Waals surface area contributed by atoms with Gasteiger partial charge in [0.2, 0.25) is 5.91 Å². The summed E-state index contributed by atoms with van der Waals surface area (Å²) in [5, 5.41) is 15.2. The highest BCUT2D eigenvalue weighted by Gasteiger charge is 2.35. The van der Waals surface area contributed by atoms with Crippen molar-refractivity contribution in [2.24, 2.45) is 11.0 Å². The van der Waals surface area contributed by atoms with Crippen molar-refractivity contribution in [3.8, 4) is 6.07 Å². The minimum atomic E-state index is -0.0601. The topological polar surface area (TPSA) is 85.5 Å². The number of aromatic nitrogens is 2. The summed E-state index contributed by atoms with van der Waals surface area (Å²) >= 11 is 0. The van der Waals surface area contributed by atoms with Crippen LogP contribution in [0.2, 0.25) is 0 Å². The lowest BCUT2D eigenvalue weighted by atomic mass is 9.94. The van der Waals surface area contributed by atoms with Crippen molar-refractivity contribution in [2.45, 2.75) is 25.3 Å². The minimum Gasteiger partial charge on any atom is -0.355 e. The molecule has 0 radical (unpaired) electrons. The van der Waals surface area contributed by atoms with Crippen LogP contribution in [0.3, 0.4) is 0 Å². The molecule has 4 rings (SSSR count). The Labute approximate surface area is 158 Å². The van der Waals surface area contributed by atoms with Gasteiger partial charge >= 0.3 is 0 Å². The largest absolute Gasteiger partial charge is 0.355 e. The molecule has 7 nitrogen and oxygen atoms in total. The van der Waals surface area contributed by atoms with Crippen molar-refractivity contribution in [3.05, 3.63) is 54.0 Å². The molecule has 27 heavy (non-hydrogen) atoms. The summed E-state index contributed by atoms with van der Waals surface area (Å²) in [6.07, 6.45) is 7.01. The molecule has 0 spiro atoms. The number of anilines is 1. The van der Waals surface area contributed by atoms with E-state index in [0.29, 0.717) is 24.5 Å². The van der Waals surface area contributed by atoms with Gasteiger partial charge in [0, 0.05) is 31.6 Å². The third-order valence-electron chi connectivity index (χ3n) is 5.20. The van der Waals surface area contributed by atoms with Gasteiger partial charge < -0.3 is 4.90 Å². The van der Waals surface area contributed by atoms with Gasteiger partial charge in [0.25, 0.3) is 0 Å². The summed E-state index contributed by atoms with van der Waals surface area (Å²) in [6, 6.07) is 12.2. The lowest BCUT2D eigenvalue weighted by Crippen LogP contribution is -2.41. The number of carbonyl (C=O) groups is 1. The first kappa shape index (κ1) is 17.2. The highest BCUT2D eigenvalue weighted by atomic mass is 16.2. The van der Waals surface area contributed by atoms with Crippen LogP contribution in [0.15, 0.2) is 48.0 Å². The summed E-state index contributed by atoms with van der Waals surface area (Å²) in [7, 11) is 0. The standard InChI is InChI=1S/C20H20N6O/c21-12-17-13-22-14-23-19(17)25-10-7-16(8-11-25)20(27)26-18(6-9-24-26)15-4-2-1-3-5-15/h1-5,9,13-14,16,18H,6-8,10-11H2/t18-/m0/s1. The number of hydrogen-bond acceptors (Lipinski definition) is 6. The Hall–Kier alpha value is -3.27. The maximum Gasteiger partial charge on any atom is 0.246 e. The molecule has 1 saturated heterocycles. The molecule has 1 amide bonds. The SMILES string of the molecule is N#Cc1cncnc1N1CCC(C(=O)N2N=CC[C@H]2c2ccccc2)CC1. The third kappa shape index (κ3) is 3.38. The predicted octanol–water partition coefficient (Wildman–Crippen LogP) is 2.52. The Kier molecular flexibility index (Phi) is 4.79. The summed E-state index contributed by atoms with van der Waals surface area (Å²) < 4.78 is 0. The van der Waals surface area contributed by atoms with Crippen LogP contribution in [0.25, 0.3) is 0 Å². The number of benzene rings is 1. The van der Waals surface area contributed by atoms with Crippen molar-refractivity contribution in [1.82, 2.24) is 15.0 Å². The molecular weight excluding hydrogens is 340 g/mol. The molecule has 2 aromatic rings. The van der Waals surface area contributed by atoms with Crippen LogP contribution >= 0.6 is 0 Å². The molecule has 0 saturated carbocycles. The number of hydrazone groups is 1. The zero-order chi connectivity index (χ0) is 18.6. The Balaban J connectivity index is 1.43. The number of amides is 1. The number of piperidine rings is 1. The first-order chi connectivity index (χ1) is 13.3. The summed E-state index contributed by atoms with van der Waals surface area (Å²) in [6.45, 7) is 1.38. The van der Waals surface area contributed by atoms with E-state index in [0.717, 1.165) is 24.8 Å². The van der Waals surface area contributed by atoms with Gasteiger partial charge in [-0.15, -0.1) is 0 Å². The Morgan fingerprint density at radius 2 is 1.96 bits per heavy atom. The second-order valence-corrected chi connectivity index (χ2v) is 6.78. The Bertz CT molecular complexity index is 883. The Morgan fingerprint density at radius 1 is 1.19 bits per heavy atom. The highest BCUT2D eigenvalue weighted by molar-refractivity contribution is 5.82. The van der Waals surface area contributed by atoms with Crippen LogP contribution in [0.1, 0.15) is 36.4 Å². The van der Waals surface area contributed by atoms with E-state index in [2.05, 4.69) is 26.0 Å². The first-order valence-electron chi connectivity index (χ1n) is 9.13. The van der Waals surface area contributed by atoms with Crippen molar-refractivity contribution in [2.75, 3.05) is 18.0 Å². The molecule has 0 N–H and O–H groups in total. The van der Waals surface area contributed by atoms with Crippen LogP contribution < -0.4 is 4.90 Å². The van der Waals surface area contributed by atoms with E-state index in [9.17, 15) is 10.1 Å². The van der Waals surface area contributed by atoms with Crippen molar-refractivity contribution in [3.63, 3.8) is 0 Å². The summed E-state index contributed by atoms with van der Waals surface area (Å²) in [5.41, 5.74) is 1.58. The van der Waals surface area contributed by atoms with Crippen LogP contribution in [-0.4, -0.2) is 40.2 Å². The molecule has 7 heteroatoms. The highest BCUT2D eigenvalue weighted by Crippen LogP contribution is 2.32. The van der Waals surface area contributed by atoms with Crippen molar-refractivity contribution >= 4 is 17.9 Å². The lowest BCUT2D eigenvalue weighted by Gasteiger charge is -2.34. The molecule has 1 aromatic carbocycles. The van der Waals surface area contributed by atoms with Gasteiger partial charge in [-0.05, 0) is 18.4 Å². The van der Waals surface area contributed by atoms with E-state index in [4.69, 9.17) is 0 Å². The summed E-state index contributed by atoms with van der Waals surface area (Å²) in [4.78, 5) is 23.3. The quantitative estimate of drug-likeness (QED) is 0.839. The fourth-order valence-electron chi connectivity index (χ4n) is 3.76. The van der Waals surface area contributed by atoms with E-state index in [1.807, 2.05) is 36.5 Å². The van der Waals surface area contributed by atoms with Gasteiger partial charge in [-0.25, -0.2) is 15.0 Å². The van der Waals surface area contributed by atoms with Gasteiger partial charge in [0.05, 0.1) is 12.2 Å². The molecule has 0 unspecified atom stereocenters. The normalized spacial score (nSPS) is 19.9. The number of hydrogen-bond donors (Lipinski definition) is 0. The number of carbonyl (C=O) groups excluding carboxylic acids is 1. The van der Waals surface area contributed by atoms with Gasteiger partial charge in [0.15, 0.2) is 0 Å². The third-order valence-corrected chi connectivity index (χ3v) is 5.20. The molecule has 1 fully saturated rings. The average Bonchev–Trinajstić information content (AvgIpc) is 3.24. The van der Waals surface area contributed by atoms with Crippen LogP contribution in [0.5, 0.6) is 0 Å². The van der Waals surface area contributed by atoms with Gasteiger partial charge in [-0.1, -0.05) is 30.3 Å². The van der Waals surface area contributed by atoms with E-state index in [1.54, 1.807) is 5.01 Å². The second-order valence-electron chi connectivity index (χ2n) is 6.78. The molecule has 0 aliphatic carbocycles. The number of nitriles is 1. The smallest absolute Gasteiger partial charge is 0.246 e. The van der Waals surface area contributed by atoms with Crippen LogP contribution in [-0.2, 0) is 4.79 Å². The van der Waals surface area contributed by atoms with E-state index in [1.165, 1.54) is 12.5 Å². The van der Waals surface area contributed by atoms with Gasteiger partial charge in [-0.2, -0.15) is 10.4 Å². The fourth-order valence-corrected chi connectivity index (χ4v) is 3.76. The maximum absolute atomic E-state index is 13.1. The van der Waals surface area contributed by atoms with E-state index >= 15 is 0 Å². The van der Waals surface area contributed by atoms with Crippen molar-refractivity contribution < 1.29 is 4.79 Å². The lowest BCUT2D eigenvalue weighted by molar-refractivity contribution is -0.138. The number of nitrogens with zero attached hydrogens (tertiary/aromatic N) is 6. The monoisotopic (exact) mass is 360 g/mol. The molecule has 1 atom stereocenters. The predicted molar refractivity (Wildman–Crippen MR) is 101 cm³/mol. The minimum absolute atomic E-state index is 0.0104. The van der Waals surface area contributed by atoms with Crippen LogP contribution in [0, 0.1) is 17.2 Å². The van der Waals surface area contributed by atoms with Gasteiger partial charge in [0.1, 0.15) is 23.8 Å². The second kappa shape index (κ2) is 7.54. The molecule has 136 valence electrons. The molecule has 2 aliphatic heterocycles. The van der Waals surface area contributed by atoms with E-state index in [-0.39, 0.29) is 17.9 Å². The average molecular weight is 360 g/mol. The summed E-state index contributed by atoms with van der Waals surface area (Å²) in [5.74, 6) is 0.676. The fraction of sp³-hybridized carbons (Fsp3) is 0.350. The van der Waals surface area contributed by atoms with Crippen molar-refractivity contribution in [1.29, 1.82) is 5.26 Å². The molecule has 2 aliphatic rings. The molecule has 1 aromatic heterocycles. The van der Waals surface area contributed by atoms with Crippen LogP contribution in [0.4, 0.5) is 5.82 Å². The maximum atomic E-state index is 13.1. The first-order valence-corrected chi connectivity index (χ1v) is 9.13. The van der Waals surface area contributed by atoms with Gasteiger partial charge in [-0.3, -0.25) is 4.79 Å².